The molecule has 1 atom stereocenters. The van der Waals surface area contributed by atoms with Gasteiger partial charge in [0, 0.05) is 13.0 Å². The number of anilines is 2. The first-order valence-electron chi connectivity index (χ1n) is 9.05. The van der Waals surface area contributed by atoms with Crippen molar-refractivity contribution < 1.29 is 19.1 Å². The van der Waals surface area contributed by atoms with Crippen LogP contribution in [0.25, 0.3) is 0 Å². The topological polar surface area (TPSA) is 67.9 Å². The summed E-state index contributed by atoms with van der Waals surface area (Å²) < 4.78 is 11.1. The lowest BCUT2D eigenvalue weighted by Gasteiger charge is -2.33. The quantitative estimate of drug-likeness (QED) is 0.847. The van der Waals surface area contributed by atoms with Gasteiger partial charge < -0.3 is 19.7 Å². The molecule has 0 bridgehead atoms. The van der Waals surface area contributed by atoms with E-state index >= 15 is 0 Å². The van der Waals surface area contributed by atoms with Crippen molar-refractivity contribution in [2.75, 3.05) is 23.9 Å². The molecule has 27 heavy (non-hydrogen) atoms. The van der Waals surface area contributed by atoms with E-state index in [9.17, 15) is 9.59 Å². The zero-order valence-electron chi connectivity index (χ0n) is 15.8. The van der Waals surface area contributed by atoms with Gasteiger partial charge in [0.1, 0.15) is 11.5 Å². The molecule has 1 heterocycles. The first kappa shape index (κ1) is 18.8. The Labute approximate surface area is 159 Å². The van der Waals surface area contributed by atoms with Crippen molar-refractivity contribution in [1.82, 2.24) is 0 Å². The van der Waals surface area contributed by atoms with E-state index in [4.69, 9.17) is 9.47 Å². The fourth-order valence-corrected chi connectivity index (χ4v) is 3.11. The summed E-state index contributed by atoms with van der Waals surface area (Å²) in [6.45, 7) is 4.14. The summed E-state index contributed by atoms with van der Waals surface area (Å²) >= 11 is 0. The number of hydrogen-bond donors (Lipinski definition) is 1. The van der Waals surface area contributed by atoms with E-state index in [1.54, 1.807) is 12.0 Å². The van der Waals surface area contributed by atoms with Gasteiger partial charge in [-0.2, -0.15) is 0 Å². The van der Waals surface area contributed by atoms with Crippen LogP contribution >= 0.6 is 0 Å². The molecule has 0 aliphatic carbocycles. The van der Waals surface area contributed by atoms with E-state index in [-0.39, 0.29) is 24.8 Å². The highest BCUT2D eigenvalue weighted by atomic mass is 16.5. The van der Waals surface area contributed by atoms with E-state index in [0.717, 1.165) is 5.56 Å². The van der Waals surface area contributed by atoms with E-state index in [2.05, 4.69) is 5.32 Å². The molecule has 0 radical (unpaired) electrons. The van der Waals surface area contributed by atoms with Crippen molar-refractivity contribution in [2.45, 2.75) is 32.8 Å². The Morgan fingerprint density at radius 2 is 2.04 bits per heavy atom. The lowest BCUT2D eigenvalue weighted by atomic mass is 10.1. The zero-order chi connectivity index (χ0) is 19.4. The summed E-state index contributed by atoms with van der Waals surface area (Å²) in [7, 11) is 1.56. The number of benzene rings is 2. The normalized spacial score (nSPS) is 15.7. The van der Waals surface area contributed by atoms with Crippen LogP contribution in [0, 0.1) is 6.92 Å². The summed E-state index contributed by atoms with van der Waals surface area (Å²) in [6, 6.07) is 13.0. The molecular formula is C21H24N2O4. The number of aryl methyl sites for hydroxylation is 1. The molecule has 6 heteroatoms. The molecule has 1 N–H and O–H groups in total. The fraction of sp³-hybridized carbons (Fsp3) is 0.333. The number of methoxy groups -OCH3 is 1. The Hall–Kier alpha value is -3.02. The second-order valence-corrected chi connectivity index (χ2v) is 6.47. The Morgan fingerprint density at radius 1 is 1.26 bits per heavy atom. The molecule has 6 nitrogen and oxygen atoms in total. The van der Waals surface area contributed by atoms with Crippen LogP contribution in [-0.2, 0) is 9.59 Å². The third-order valence-corrected chi connectivity index (χ3v) is 4.53. The second kappa shape index (κ2) is 8.12. The highest BCUT2D eigenvalue weighted by Crippen LogP contribution is 2.34. The largest absolute Gasteiger partial charge is 0.495 e. The minimum absolute atomic E-state index is 0.114. The number of amides is 2. The second-order valence-electron chi connectivity index (χ2n) is 6.47. The van der Waals surface area contributed by atoms with Gasteiger partial charge in [0.25, 0.3) is 5.91 Å². The Kier molecular flexibility index (Phi) is 5.64. The molecule has 3 rings (SSSR count). The van der Waals surface area contributed by atoms with Crippen LogP contribution in [0.1, 0.15) is 25.3 Å². The van der Waals surface area contributed by atoms with Gasteiger partial charge in [0.05, 0.1) is 18.5 Å². The molecule has 1 aliphatic rings. The van der Waals surface area contributed by atoms with Gasteiger partial charge >= 0.3 is 0 Å². The third kappa shape index (κ3) is 4.05. The molecule has 0 fully saturated rings. The van der Waals surface area contributed by atoms with Gasteiger partial charge in [-0.25, -0.2) is 0 Å². The van der Waals surface area contributed by atoms with E-state index in [1.165, 1.54) is 0 Å². The molecule has 0 spiro atoms. The number of ether oxygens (including phenoxy) is 2. The molecule has 0 saturated carbocycles. The lowest BCUT2D eigenvalue weighted by Crippen LogP contribution is -2.46. The number of nitrogens with zero attached hydrogens (tertiary/aromatic N) is 1. The van der Waals surface area contributed by atoms with Crippen LogP contribution in [0.5, 0.6) is 11.5 Å². The highest BCUT2D eigenvalue weighted by Gasteiger charge is 2.33. The zero-order valence-corrected chi connectivity index (χ0v) is 15.8. The SMILES string of the molecule is CCC1Oc2ccccc2N(CCC(=O)Nc2cc(C)ccc2OC)C1=O. The molecule has 2 aromatic carbocycles. The van der Waals surface area contributed by atoms with Gasteiger partial charge in [0.15, 0.2) is 6.10 Å². The van der Waals surface area contributed by atoms with Crippen LogP contribution in [0.15, 0.2) is 42.5 Å². The van der Waals surface area contributed by atoms with Crippen LogP contribution in [0.4, 0.5) is 11.4 Å². The monoisotopic (exact) mass is 368 g/mol. The van der Waals surface area contributed by atoms with E-state index in [1.807, 2.05) is 56.3 Å². The molecule has 142 valence electrons. The lowest BCUT2D eigenvalue weighted by molar-refractivity contribution is -0.126. The fourth-order valence-electron chi connectivity index (χ4n) is 3.11. The van der Waals surface area contributed by atoms with E-state index in [0.29, 0.717) is 29.3 Å². The smallest absolute Gasteiger partial charge is 0.268 e. The van der Waals surface area contributed by atoms with E-state index < -0.39 is 6.10 Å². The van der Waals surface area contributed by atoms with Crippen LogP contribution in [-0.4, -0.2) is 31.6 Å². The molecule has 0 saturated heterocycles. The maximum Gasteiger partial charge on any atom is 0.268 e. The summed E-state index contributed by atoms with van der Waals surface area (Å²) in [5, 5.41) is 2.87. The maximum absolute atomic E-state index is 12.7. The predicted molar refractivity (Wildman–Crippen MR) is 104 cm³/mol. The third-order valence-electron chi connectivity index (χ3n) is 4.53. The summed E-state index contributed by atoms with van der Waals surface area (Å²) in [6.07, 6.45) is 0.240. The molecular weight excluding hydrogens is 344 g/mol. The van der Waals surface area contributed by atoms with Gasteiger partial charge in [-0.05, 0) is 43.2 Å². The average molecular weight is 368 g/mol. The number of rotatable bonds is 6. The minimum Gasteiger partial charge on any atom is -0.495 e. The van der Waals surface area contributed by atoms with Crippen LogP contribution < -0.4 is 19.7 Å². The maximum atomic E-state index is 12.7. The van der Waals surface area contributed by atoms with Crippen molar-refractivity contribution in [1.29, 1.82) is 0 Å². The van der Waals surface area contributed by atoms with Crippen LogP contribution in [0.3, 0.4) is 0 Å². The Bertz CT molecular complexity index is 850. The molecule has 1 unspecified atom stereocenters. The Balaban J connectivity index is 1.71. The minimum atomic E-state index is -0.514. The first-order chi connectivity index (χ1) is 13.0. The summed E-state index contributed by atoms with van der Waals surface area (Å²) in [5.74, 6) is 0.985. The predicted octanol–water partition coefficient (Wildman–Crippen LogP) is 3.54. The average Bonchev–Trinajstić information content (AvgIpc) is 2.67. The van der Waals surface area contributed by atoms with Crippen molar-refractivity contribution in [3.8, 4) is 11.5 Å². The molecule has 2 amide bonds. The Morgan fingerprint density at radius 3 is 2.78 bits per heavy atom. The summed E-state index contributed by atoms with van der Waals surface area (Å²) in [5.41, 5.74) is 2.35. The van der Waals surface area contributed by atoms with Crippen molar-refractivity contribution >= 4 is 23.2 Å². The standard InChI is InChI=1S/C21H24N2O4/c1-4-17-21(25)23(16-7-5-6-8-19(16)27-17)12-11-20(24)22-15-13-14(2)9-10-18(15)26-3/h5-10,13,17H,4,11-12H2,1-3H3,(H,22,24). The number of nitrogens with one attached hydrogen (secondary N) is 1. The van der Waals surface area contributed by atoms with Gasteiger partial charge in [0.2, 0.25) is 5.91 Å². The number of fused-ring (bicyclic) bond motifs is 1. The van der Waals surface area contributed by atoms with Crippen LogP contribution in [0.2, 0.25) is 0 Å². The van der Waals surface area contributed by atoms with Crippen molar-refractivity contribution in [3.63, 3.8) is 0 Å². The van der Waals surface area contributed by atoms with Gasteiger partial charge in [-0.3, -0.25) is 9.59 Å². The number of hydrogen-bond acceptors (Lipinski definition) is 4. The van der Waals surface area contributed by atoms with Gasteiger partial charge in [-0.1, -0.05) is 25.1 Å². The van der Waals surface area contributed by atoms with Crippen molar-refractivity contribution in [2.24, 2.45) is 0 Å². The first-order valence-corrected chi connectivity index (χ1v) is 9.05. The molecule has 1 aliphatic heterocycles. The molecule has 2 aromatic rings. The number of carbonyl (C=O) groups is 2. The molecule has 0 aromatic heterocycles. The summed E-state index contributed by atoms with van der Waals surface area (Å²) in [4.78, 5) is 26.8. The van der Waals surface area contributed by atoms with Crippen molar-refractivity contribution in [3.05, 3.63) is 48.0 Å². The number of carbonyl (C=O) groups excluding carboxylic acids is 2. The number of para-hydroxylation sites is 2. The van der Waals surface area contributed by atoms with Gasteiger partial charge in [-0.15, -0.1) is 0 Å². The highest BCUT2D eigenvalue weighted by molar-refractivity contribution is 6.01.